The molecule has 0 radical (unpaired) electrons. The van der Waals surface area contributed by atoms with Crippen molar-refractivity contribution < 1.29 is 4.79 Å². The van der Waals surface area contributed by atoms with Gasteiger partial charge in [-0.25, -0.2) is 10.8 Å². The lowest BCUT2D eigenvalue weighted by molar-refractivity contribution is 0.102. The fourth-order valence-electron chi connectivity index (χ4n) is 1.40. The zero-order chi connectivity index (χ0) is 12.3. The first-order valence-electron chi connectivity index (χ1n) is 4.94. The lowest BCUT2D eigenvalue weighted by atomic mass is 10.2. The number of nitrogens with zero attached hydrogens (tertiary/aromatic N) is 2. The predicted molar refractivity (Wildman–Crippen MR) is 63.3 cm³/mol. The van der Waals surface area contributed by atoms with E-state index >= 15 is 0 Å². The molecule has 7 nitrogen and oxygen atoms in total. The van der Waals surface area contributed by atoms with E-state index in [9.17, 15) is 4.79 Å². The number of anilines is 2. The number of nitrogen functional groups attached to an aromatic ring is 1. The van der Waals surface area contributed by atoms with Crippen LogP contribution < -0.4 is 16.6 Å². The van der Waals surface area contributed by atoms with Crippen molar-refractivity contribution >= 4 is 17.4 Å². The van der Waals surface area contributed by atoms with Crippen molar-refractivity contribution in [2.75, 3.05) is 10.7 Å². The molecule has 0 saturated heterocycles. The number of carbonyl (C=O) groups is 1. The van der Waals surface area contributed by atoms with Crippen LogP contribution in [0.5, 0.6) is 0 Å². The number of aryl methyl sites for hydroxylation is 1. The summed E-state index contributed by atoms with van der Waals surface area (Å²) in [5.74, 6) is 5.47. The molecule has 2 aromatic heterocycles. The molecule has 0 saturated carbocycles. The Hall–Kier alpha value is -2.41. The largest absolute Gasteiger partial charge is 0.319 e. The number of hydrazine groups is 1. The fourth-order valence-corrected chi connectivity index (χ4v) is 1.40. The Morgan fingerprint density at radius 1 is 1.47 bits per heavy atom. The van der Waals surface area contributed by atoms with Crippen LogP contribution in [0.15, 0.2) is 24.5 Å². The van der Waals surface area contributed by atoms with Crippen molar-refractivity contribution in [2.24, 2.45) is 5.84 Å². The molecule has 0 aliphatic heterocycles. The number of amides is 1. The number of H-pyrrole nitrogens is 1. The van der Waals surface area contributed by atoms with Gasteiger partial charge in [0.05, 0.1) is 11.9 Å². The topological polar surface area (TPSA) is 109 Å². The van der Waals surface area contributed by atoms with Crippen molar-refractivity contribution in [3.63, 3.8) is 0 Å². The summed E-state index contributed by atoms with van der Waals surface area (Å²) in [6.45, 7) is 1.79. The summed E-state index contributed by atoms with van der Waals surface area (Å²) < 4.78 is 0. The molecule has 0 bridgehead atoms. The number of aromatic amines is 1. The Bertz CT molecular complexity index is 522. The maximum absolute atomic E-state index is 11.9. The highest BCUT2D eigenvalue weighted by Gasteiger charge is 2.09. The number of nitrogens with two attached hydrogens (primary N) is 1. The van der Waals surface area contributed by atoms with Gasteiger partial charge in [-0.15, -0.1) is 0 Å². The average Bonchev–Trinajstić information content (AvgIpc) is 2.81. The van der Waals surface area contributed by atoms with E-state index in [0.717, 1.165) is 0 Å². The van der Waals surface area contributed by atoms with Gasteiger partial charge in [0.1, 0.15) is 5.82 Å². The lowest BCUT2D eigenvalue weighted by Gasteiger charge is -2.06. The molecule has 5 N–H and O–H groups in total. The third-order valence-corrected chi connectivity index (χ3v) is 2.12. The zero-order valence-corrected chi connectivity index (χ0v) is 9.19. The van der Waals surface area contributed by atoms with E-state index in [-0.39, 0.29) is 5.91 Å². The van der Waals surface area contributed by atoms with Gasteiger partial charge in [0, 0.05) is 17.5 Å². The van der Waals surface area contributed by atoms with E-state index in [1.807, 2.05) is 0 Å². The number of nitrogens with one attached hydrogen (secondary N) is 3. The molecule has 0 aromatic carbocycles. The van der Waals surface area contributed by atoms with E-state index in [0.29, 0.717) is 22.8 Å². The maximum Gasteiger partial charge on any atom is 0.255 e. The van der Waals surface area contributed by atoms with Crippen LogP contribution in [0.25, 0.3) is 0 Å². The van der Waals surface area contributed by atoms with Crippen LogP contribution in [0.1, 0.15) is 16.1 Å². The third kappa shape index (κ3) is 2.58. The quantitative estimate of drug-likeness (QED) is 0.459. The highest BCUT2D eigenvalue weighted by molar-refractivity contribution is 6.04. The van der Waals surface area contributed by atoms with Crippen LogP contribution in [0.2, 0.25) is 0 Å². The second kappa shape index (κ2) is 4.62. The van der Waals surface area contributed by atoms with Crippen LogP contribution in [0.3, 0.4) is 0 Å². The average molecular weight is 232 g/mol. The SMILES string of the molecule is Cc1cc(C(=O)Nc2cn[nH]c2)cc(NN)n1. The Balaban J connectivity index is 2.21. The number of rotatable bonds is 3. The molecule has 0 unspecified atom stereocenters. The van der Waals surface area contributed by atoms with Crippen LogP contribution in [0, 0.1) is 6.92 Å². The Labute approximate surface area is 97.4 Å². The van der Waals surface area contributed by atoms with E-state index in [1.165, 1.54) is 6.20 Å². The highest BCUT2D eigenvalue weighted by Crippen LogP contribution is 2.11. The molecule has 0 spiro atoms. The first kappa shape index (κ1) is 11.1. The smallest absolute Gasteiger partial charge is 0.255 e. The van der Waals surface area contributed by atoms with E-state index in [4.69, 9.17) is 5.84 Å². The second-order valence-electron chi connectivity index (χ2n) is 3.47. The molecule has 17 heavy (non-hydrogen) atoms. The van der Waals surface area contributed by atoms with Crippen LogP contribution in [-0.2, 0) is 0 Å². The van der Waals surface area contributed by atoms with Gasteiger partial charge < -0.3 is 10.7 Å². The van der Waals surface area contributed by atoms with Crippen LogP contribution in [-0.4, -0.2) is 21.1 Å². The lowest BCUT2D eigenvalue weighted by Crippen LogP contribution is -2.14. The fraction of sp³-hybridized carbons (Fsp3) is 0.100. The summed E-state index contributed by atoms with van der Waals surface area (Å²) in [5.41, 5.74) is 4.20. The van der Waals surface area contributed by atoms with Gasteiger partial charge >= 0.3 is 0 Å². The van der Waals surface area contributed by atoms with E-state index in [2.05, 4.69) is 25.9 Å². The van der Waals surface area contributed by atoms with Crippen LogP contribution >= 0.6 is 0 Å². The first-order chi connectivity index (χ1) is 8.19. The molecule has 2 aromatic rings. The minimum Gasteiger partial charge on any atom is -0.319 e. The first-order valence-corrected chi connectivity index (χ1v) is 4.94. The normalized spacial score (nSPS) is 10.0. The van der Waals surface area contributed by atoms with Gasteiger partial charge in [0.25, 0.3) is 5.91 Å². The number of pyridine rings is 1. The Morgan fingerprint density at radius 3 is 2.94 bits per heavy atom. The number of hydrogen-bond acceptors (Lipinski definition) is 5. The van der Waals surface area contributed by atoms with Crippen molar-refractivity contribution in [1.29, 1.82) is 0 Å². The molecular weight excluding hydrogens is 220 g/mol. The van der Waals surface area contributed by atoms with E-state index in [1.54, 1.807) is 25.3 Å². The van der Waals surface area contributed by atoms with Crippen molar-refractivity contribution in [3.05, 3.63) is 35.8 Å². The molecule has 2 rings (SSSR count). The van der Waals surface area contributed by atoms with Crippen molar-refractivity contribution in [2.45, 2.75) is 6.92 Å². The Kier molecular flexibility index (Phi) is 3.01. The molecule has 7 heteroatoms. The number of aromatic nitrogens is 3. The number of hydrogen-bond donors (Lipinski definition) is 4. The van der Waals surface area contributed by atoms with Crippen LogP contribution in [0.4, 0.5) is 11.5 Å². The van der Waals surface area contributed by atoms with Gasteiger partial charge in [-0.3, -0.25) is 9.89 Å². The minimum absolute atomic E-state index is 0.242. The molecule has 0 atom stereocenters. The van der Waals surface area contributed by atoms with Gasteiger partial charge in [-0.05, 0) is 19.1 Å². The molecular formula is C10H12N6O. The molecule has 2 heterocycles. The van der Waals surface area contributed by atoms with Crippen molar-refractivity contribution in [1.82, 2.24) is 15.2 Å². The number of carbonyl (C=O) groups excluding carboxylic acids is 1. The van der Waals surface area contributed by atoms with Gasteiger partial charge in [-0.2, -0.15) is 5.10 Å². The molecule has 88 valence electrons. The summed E-state index contributed by atoms with van der Waals surface area (Å²) in [7, 11) is 0. The molecule has 0 aliphatic rings. The summed E-state index contributed by atoms with van der Waals surface area (Å²) in [4.78, 5) is 16.0. The van der Waals surface area contributed by atoms with Crippen molar-refractivity contribution in [3.8, 4) is 0 Å². The zero-order valence-electron chi connectivity index (χ0n) is 9.19. The Morgan fingerprint density at radius 2 is 2.29 bits per heavy atom. The summed E-state index contributed by atoms with van der Waals surface area (Å²) >= 11 is 0. The summed E-state index contributed by atoms with van der Waals surface area (Å²) in [6, 6.07) is 3.25. The standard InChI is InChI=1S/C10H12N6O/c1-6-2-7(3-9(14-6)16-11)10(17)15-8-4-12-13-5-8/h2-5H,11H2,1H3,(H,12,13)(H,14,16)(H,15,17). The summed E-state index contributed by atoms with van der Waals surface area (Å²) in [6.07, 6.45) is 3.11. The third-order valence-electron chi connectivity index (χ3n) is 2.12. The molecule has 0 aliphatic carbocycles. The van der Waals surface area contributed by atoms with Gasteiger partial charge in [0.2, 0.25) is 0 Å². The summed E-state index contributed by atoms with van der Waals surface area (Å²) in [5, 5.41) is 9.03. The van der Waals surface area contributed by atoms with Gasteiger partial charge in [-0.1, -0.05) is 0 Å². The molecule has 1 amide bonds. The monoisotopic (exact) mass is 232 g/mol. The van der Waals surface area contributed by atoms with E-state index < -0.39 is 0 Å². The predicted octanol–water partition coefficient (Wildman–Crippen LogP) is 0.651. The minimum atomic E-state index is -0.242. The highest BCUT2D eigenvalue weighted by atomic mass is 16.1. The maximum atomic E-state index is 11.9. The van der Waals surface area contributed by atoms with Gasteiger partial charge in [0.15, 0.2) is 0 Å². The second-order valence-corrected chi connectivity index (χ2v) is 3.47. The molecule has 0 fully saturated rings.